The Morgan fingerprint density at radius 2 is 1.68 bits per heavy atom. The van der Waals surface area contributed by atoms with Crippen molar-refractivity contribution in [3.63, 3.8) is 0 Å². The van der Waals surface area contributed by atoms with Gasteiger partial charge in [0.1, 0.15) is 5.69 Å². The van der Waals surface area contributed by atoms with Crippen LogP contribution in [0.15, 0.2) is 36.5 Å². The summed E-state index contributed by atoms with van der Waals surface area (Å²) in [5, 5.41) is 0. The van der Waals surface area contributed by atoms with Crippen LogP contribution in [0.25, 0.3) is 11.3 Å². The molecule has 6 rings (SSSR count). The number of halogens is 2. The minimum atomic E-state index is -0.946. The van der Waals surface area contributed by atoms with E-state index in [0.717, 1.165) is 46.4 Å². The van der Waals surface area contributed by atoms with Crippen LogP contribution in [0.4, 0.5) is 25.8 Å². The van der Waals surface area contributed by atoms with E-state index in [9.17, 15) is 4.79 Å². The molecule has 38 heavy (non-hydrogen) atoms. The number of carbonyl (C=O) groups is 1. The highest BCUT2D eigenvalue weighted by Crippen LogP contribution is 2.55. The molecule has 1 saturated heterocycles. The van der Waals surface area contributed by atoms with Gasteiger partial charge in [-0.05, 0) is 48.2 Å². The lowest BCUT2D eigenvalue weighted by atomic mass is 9.85. The Bertz CT molecular complexity index is 1410. The standard InChI is InChI=1S/C28H28F2N4O4/c1-36-22-13-23(37-2)25(30)26(24(22)29)34-15-17-14-32-21(12-20(17)28(3-4-28)27(34)35)16-9-18(31)11-19(10-16)33-5-7-38-8-6-33/h9-14H,3-8,15,31H2,1-2H3. The second-order valence-electron chi connectivity index (χ2n) is 9.87. The number of methoxy groups -OCH3 is 2. The fourth-order valence-electron chi connectivity index (χ4n) is 5.51. The molecule has 0 bridgehead atoms. The van der Waals surface area contributed by atoms with E-state index >= 15 is 8.78 Å². The normalized spacial score (nSPS) is 17.9. The van der Waals surface area contributed by atoms with Crippen LogP contribution >= 0.6 is 0 Å². The maximum atomic E-state index is 15.3. The predicted molar refractivity (Wildman–Crippen MR) is 139 cm³/mol. The Hall–Kier alpha value is -3.92. The third kappa shape index (κ3) is 3.82. The molecule has 1 spiro atoms. The molecule has 2 N–H and O–H groups in total. The van der Waals surface area contributed by atoms with Crippen LogP contribution in [0, 0.1) is 11.6 Å². The van der Waals surface area contributed by atoms with Gasteiger partial charge < -0.3 is 29.7 Å². The minimum absolute atomic E-state index is 0.0245. The second kappa shape index (κ2) is 9.13. The minimum Gasteiger partial charge on any atom is -0.493 e. The Kier molecular flexibility index (Phi) is 5.86. The van der Waals surface area contributed by atoms with Gasteiger partial charge in [-0.15, -0.1) is 0 Å². The van der Waals surface area contributed by atoms with Crippen molar-refractivity contribution in [3.8, 4) is 22.8 Å². The molecule has 1 amide bonds. The van der Waals surface area contributed by atoms with E-state index < -0.39 is 22.7 Å². The summed E-state index contributed by atoms with van der Waals surface area (Å²) >= 11 is 0. The summed E-state index contributed by atoms with van der Waals surface area (Å²) in [7, 11) is 2.56. The molecule has 3 heterocycles. The highest BCUT2D eigenvalue weighted by molar-refractivity contribution is 6.05. The predicted octanol–water partition coefficient (Wildman–Crippen LogP) is 4.04. The molecule has 3 aromatic rings. The number of rotatable bonds is 5. The first kappa shape index (κ1) is 24.4. The van der Waals surface area contributed by atoms with Crippen molar-refractivity contribution in [1.82, 2.24) is 4.98 Å². The number of fused-ring (bicyclic) bond motifs is 2. The summed E-state index contributed by atoms with van der Waals surface area (Å²) in [5.41, 5.74) is 9.64. The molecule has 198 valence electrons. The lowest BCUT2D eigenvalue weighted by Crippen LogP contribution is -2.45. The van der Waals surface area contributed by atoms with Crippen molar-refractivity contribution in [2.24, 2.45) is 0 Å². The van der Waals surface area contributed by atoms with Gasteiger partial charge in [-0.2, -0.15) is 0 Å². The van der Waals surface area contributed by atoms with Gasteiger partial charge in [0.05, 0.1) is 45.1 Å². The van der Waals surface area contributed by atoms with Crippen LogP contribution in [-0.2, 0) is 21.5 Å². The van der Waals surface area contributed by atoms with Crippen molar-refractivity contribution >= 4 is 23.0 Å². The molecule has 1 saturated carbocycles. The van der Waals surface area contributed by atoms with Crippen LogP contribution in [0.3, 0.4) is 0 Å². The fraction of sp³-hybridized carbons (Fsp3) is 0.357. The average molecular weight is 523 g/mol. The van der Waals surface area contributed by atoms with E-state index in [-0.39, 0.29) is 24.0 Å². The number of anilines is 3. The number of nitrogens with two attached hydrogens (primary N) is 1. The van der Waals surface area contributed by atoms with E-state index in [1.807, 2.05) is 24.3 Å². The van der Waals surface area contributed by atoms with E-state index in [0.29, 0.717) is 37.4 Å². The van der Waals surface area contributed by atoms with Crippen molar-refractivity contribution < 1.29 is 27.8 Å². The SMILES string of the molecule is COc1cc(OC)c(F)c(N2Cc3cnc(-c4cc(N)cc(N5CCOCC5)c4)cc3C3(CC3)C2=O)c1F. The van der Waals surface area contributed by atoms with Gasteiger partial charge >= 0.3 is 0 Å². The molecule has 1 aromatic heterocycles. The van der Waals surface area contributed by atoms with Gasteiger partial charge in [0.15, 0.2) is 23.1 Å². The molecule has 0 atom stereocenters. The fourth-order valence-corrected chi connectivity index (χ4v) is 5.51. The highest BCUT2D eigenvalue weighted by atomic mass is 19.1. The third-order valence-corrected chi connectivity index (χ3v) is 7.67. The van der Waals surface area contributed by atoms with Crippen molar-refractivity contribution in [2.75, 3.05) is 56.1 Å². The maximum absolute atomic E-state index is 15.3. The first-order chi connectivity index (χ1) is 18.4. The highest BCUT2D eigenvalue weighted by Gasteiger charge is 2.57. The average Bonchev–Trinajstić information content (AvgIpc) is 3.73. The summed E-state index contributed by atoms with van der Waals surface area (Å²) in [6.07, 6.45) is 2.85. The van der Waals surface area contributed by atoms with Crippen LogP contribution in [-0.4, -0.2) is 51.4 Å². The number of aromatic nitrogens is 1. The summed E-state index contributed by atoms with van der Waals surface area (Å²) in [4.78, 5) is 21.8. The Balaban J connectivity index is 1.40. The number of nitrogens with zero attached hydrogens (tertiary/aromatic N) is 3. The molecule has 3 aliphatic rings. The van der Waals surface area contributed by atoms with E-state index in [1.54, 1.807) is 6.20 Å². The molecule has 1 aliphatic carbocycles. The van der Waals surface area contributed by atoms with Crippen molar-refractivity contribution in [3.05, 3.63) is 59.3 Å². The molecule has 10 heteroatoms. The zero-order valence-electron chi connectivity index (χ0n) is 21.2. The molecular formula is C28H28F2N4O4. The Labute approximate surface area is 218 Å². The number of hydrogen-bond donors (Lipinski definition) is 1. The number of pyridine rings is 1. The molecule has 2 aliphatic heterocycles. The molecular weight excluding hydrogens is 494 g/mol. The summed E-state index contributed by atoms with van der Waals surface area (Å²) < 4.78 is 46.3. The third-order valence-electron chi connectivity index (χ3n) is 7.67. The maximum Gasteiger partial charge on any atom is 0.238 e. The molecule has 0 radical (unpaired) electrons. The zero-order chi connectivity index (χ0) is 26.6. The first-order valence-electron chi connectivity index (χ1n) is 12.5. The van der Waals surface area contributed by atoms with Crippen LogP contribution in [0.2, 0.25) is 0 Å². The number of amides is 1. The quantitative estimate of drug-likeness (QED) is 0.506. The van der Waals surface area contributed by atoms with Gasteiger partial charge in [0, 0.05) is 42.3 Å². The lowest BCUT2D eigenvalue weighted by Gasteiger charge is -2.35. The number of benzene rings is 2. The Morgan fingerprint density at radius 3 is 2.32 bits per heavy atom. The van der Waals surface area contributed by atoms with E-state index in [1.165, 1.54) is 14.2 Å². The lowest BCUT2D eigenvalue weighted by molar-refractivity contribution is -0.121. The number of nitrogen functional groups attached to an aromatic ring is 1. The number of ether oxygens (including phenoxy) is 3. The second-order valence-corrected chi connectivity index (χ2v) is 9.87. The topological polar surface area (TPSA) is 90.2 Å². The van der Waals surface area contributed by atoms with Crippen LogP contribution in [0.5, 0.6) is 11.5 Å². The number of hydrogen-bond acceptors (Lipinski definition) is 7. The molecule has 2 aromatic carbocycles. The van der Waals surface area contributed by atoms with E-state index in [2.05, 4.69) is 9.88 Å². The van der Waals surface area contributed by atoms with Crippen LogP contribution in [0.1, 0.15) is 24.0 Å². The van der Waals surface area contributed by atoms with Gasteiger partial charge in [-0.3, -0.25) is 9.78 Å². The van der Waals surface area contributed by atoms with Crippen molar-refractivity contribution in [1.29, 1.82) is 0 Å². The largest absolute Gasteiger partial charge is 0.493 e. The van der Waals surface area contributed by atoms with Gasteiger partial charge in [0.25, 0.3) is 0 Å². The number of carbonyl (C=O) groups excluding carboxylic acids is 1. The summed E-state index contributed by atoms with van der Waals surface area (Å²) in [5.74, 6) is -2.64. The monoisotopic (exact) mass is 522 g/mol. The molecule has 2 fully saturated rings. The Morgan fingerprint density at radius 1 is 1.00 bits per heavy atom. The number of morpholine rings is 1. The summed E-state index contributed by atoms with van der Waals surface area (Å²) in [6.45, 7) is 2.83. The van der Waals surface area contributed by atoms with Crippen LogP contribution < -0.4 is 25.0 Å². The zero-order valence-corrected chi connectivity index (χ0v) is 21.2. The summed E-state index contributed by atoms with van der Waals surface area (Å²) in [6, 6.07) is 8.90. The molecule has 0 unspecified atom stereocenters. The first-order valence-corrected chi connectivity index (χ1v) is 12.5. The van der Waals surface area contributed by atoms with E-state index in [4.69, 9.17) is 19.9 Å². The van der Waals surface area contributed by atoms with Gasteiger partial charge in [-0.25, -0.2) is 8.78 Å². The van der Waals surface area contributed by atoms with Crippen molar-refractivity contribution in [2.45, 2.75) is 24.8 Å². The smallest absolute Gasteiger partial charge is 0.238 e. The van der Waals surface area contributed by atoms with Gasteiger partial charge in [0.2, 0.25) is 5.91 Å². The van der Waals surface area contributed by atoms with Gasteiger partial charge in [-0.1, -0.05) is 0 Å². The molecule has 8 nitrogen and oxygen atoms in total.